The van der Waals surface area contributed by atoms with E-state index in [1.807, 2.05) is 109 Å². The molecule has 1 unspecified atom stereocenters. The number of allylic oxidation sites excluding steroid dienone is 2. The van der Waals surface area contributed by atoms with Gasteiger partial charge in [0, 0.05) is 91.9 Å². The Morgan fingerprint density at radius 3 is 2.25 bits per heavy atom. The maximum atomic E-state index is 13.9. The fraction of sp³-hybridized carbons (Fsp3) is 0.352. The number of nitrogens with one attached hydrogen (secondary N) is 1. The van der Waals surface area contributed by atoms with Crippen LogP contribution in [0.2, 0.25) is 0 Å². The molecule has 2 fully saturated rings. The summed E-state index contributed by atoms with van der Waals surface area (Å²) >= 11 is 1.68. The molecule has 25 nitrogen and oxygen atoms in total. The number of carbonyl (C=O) groups is 1. The number of aromatic nitrogens is 9. The number of aryl methyl sites for hydroxylation is 2. The van der Waals surface area contributed by atoms with Crippen LogP contribution in [0.15, 0.2) is 186 Å². The number of carbonyl (C=O) groups excluding carboxylic acids is 1. The molecule has 119 heavy (non-hydrogen) atoms. The van der Waals surface area contributed by atoms with Crippen LogP contribution in [-0.4, -0.2) is 142 Å². The number of alkyl halides is 5. The number of nitro benzene ring substituents is 1. The molecule has 2 aliphatic heterocycles. The van der Waals surface area contributed by atoms with Gasteiger partial charge in [0.05, 0.1) is 74.8 Å². The topological polar surface area (TPSA) is 324 Å². The van der Waals surface area contributed by atoms with E-state index in [-0.39, 0.29) is 63.8 Å². The van der Waals surface area contributed by atoms with Gasteiger partial charge in [0.2, 0.25) is 0 Å². The Hall–Kier alpha value is -11.8. The summed E-state index contributed by atoms with van der Waals surface area (Å²) in [7, 11) is 9.10. The minimum absolute atomic E-state index is 0.0259. The van der Waals surface area contributed by atoms with Crippen molar-refractivity contribution in [3.8, 4) is 39.9 Å². The average Bonchev–Trinajstić information content (AvgIpc) is 1.64. The number of nitrogens with two attached hydrogens (primary N) is 1. The highest BCUT2D eigenvalue weighted by molar-refractivity contribution is 7.99. The number of anilines is 2. The number of hydrogen-bond donors (Lipinski definition) is 6. The summed E-state index contributed by atoms with van der Waals surface area (Å²) in [6.45, 7) is 7.53. The van der Waals surface area contributed by atoms with Gasteiger partial charge in [-0.3, -0.25) is 19.9 Å². The van der Waals surface area contributed by atoms with E-state index in [2.05, 4.69) is 70.0 Å². The number of imidazole rings is 1. The number of rotatable bonds is 24. The molecule has 6 aromatic carbocycles. The smallest absolute Gasteiger partial charge is 0.433 e. The molecule has 0 spiro atoms. The number of methoxy groups -OCH3 is 2. The van der Waals surface area contributed by atoms with Crippen molar-refractivity contribution < 1.29 is 75.9 Å². The van der Waals surface area contributed by atoms with E-state index in [4.69, 9.17) is 29.8 Å². The first kappa shape index (κ1) is 88.1. The van der Waals surface area contributed by atoms with Gasteiger partial charge in [0.25, 0.3) is 17.5 Å². The predicted molar refractivity (Wildman–Crippen MR) is 446 cm³/mol. The highest BCUT2D eigenvalue weighted by atomic mass is 32.2. The van der Waals surface area contributed by atoms with E-state index < -0.39 is 35.0 Å². The lowest BCUT2D eigenvalue weighted by Crippen LogP contribution is -3.07. The number of likely N-dealkylation sites (N-methyl/N-ethyl adjacent to an activating group) is 1. The first-order chi connectivity index (χ1) is 57.1. The number of benzene rings is 6. The van der Waals surface area contributed by atoms with Gasteiger partial charge in [0.15, 0.2) is 39.7 Å². The van der Waals surface area contributed by atoms with Crippen molar-refractivity contribution in [2.45, 2.75) is 140 Å². The van der Waals surface area contributed by atoms with Crippen LogP contribution in [0.5, 0.6) is 28.7 Å². The van der Waals surface area contributed by atoms with Gasteiger partial charge < -0.3 is 64.0 Å². The molecule has 1 saturated carbocycles. The lowest BCUT2D eigenvalue weighted by Gasteiger charge is -2.28. The second-order valence-corrected chi connectivity index (χ2v) is 30.4. The number of thioether (sulfide) groups is 1. The van der Waals surface area contributed by atoms with Crippen LogP contribution in [-0.2, 0) is 56.2 Å². The monoisotopic (exact) mass is 1650 g/mol. The normalized spacial score (nSPS) is 15.6. The fourth-order valence-electron chi connectivity index (χ4n) is 14.7. The van der Waals surface area contributed by atoms with Crippen molar-refractivity contribution in [3.63, 3.8) is 0 Å². The molecule has 7 N–H and O–H groups in total. The number of nitro groups is 1. The summed E-state index contributed by atoms with van der Waals surface area (Å²) in [4.78, 5) is 50.3. The predicted octanol–water partition coefficient (Wildman–Crippen LogP) is 15.6. The number of quaternary nitrogens is 1. The standard InChI is InChI=1S/C21H23N5O2.C19H20F5NO.C19H24N4OS.C18H17NO4.C11H13N3O3/c1-4-17-20(21(22)24-14(2)23-17)16-10-11-18(19(12-16)26(27)28)25(3)13-15-8-6-5-7-9-15;1-18(20,21)14-9-5-8-12-13(17(26)11-6-3-2-4-7-11)10-15(19(22,23)24)25-16(12)14;1-22(14-16-8-6-7-9-16)15-18-20-21-19(23(18)2)25-13-12-24-17-10-4-3-5-11-17;1-22-16-5-3-11(8-15(16)20)7-12-9-19-10-14-13(12)4-6-17(23-2)18(14)21;15-5-7-1-2-9(17-7)14-6-13-10-8(14)3-4-12-11(10)16/h5-12H,4,13H2,1-3H3,(H2,22,23,24);5,8-11,17,26H,2-4,6-7H2,1H3;3-6,8-11H,7,12-15H2,1-2H3;3-6,8-10,20-21H,7H2,1-2H3;4,6-7,9,15H,1-3,5H2/p+1/t;17-;;;7-,9+/m.1..1/s1. The number of ether oxygens (including phenoxy) is 4. The van der Waals surface area contributed by atoms with Gasteiger partial charge in [-0.15, -0.1) is 10.2 Å². The van der Waals surface area contributed by atoms with Gasteiger partial charge >= 0.3 is 6.18 Å². The number of aliphatic hydroxyl groups excluding tert-OH is 2. The zero-order valence-corrected chi connectivity index (χ0v) is 68.3. The quantitative estimate of drug-likeness (QED) is 0.0108. The second-order valence-electron chi connectivity index (χ2n) is 29.3. The van der Waals surface area contributed by atoms with Crippen molar-refractivity contribution in [2.75, 3.05) is 64.5 Å². The lowest BCUT2D eigenvalue weighted by molar-refractivity contribution is -0.889. The van der Waals surface area contributed by atoms with E-state index in [1.54, 1.807) is 74.0 Å². The second kappa shape index (κ2) is 40.6. The van der Waals surface area contributed by atoms with Crippen LogP contribution < -0.4 is 29.7 Å². The van der Waals surface area contributed by atoms with Gasteiger partial charge in [-0.05, 0) is 133 Å². The largest absolute Gasteiger partial charge is 0.504 e. The zero-order valence-electron chi connectivity index (χ0n) is 67.5. The van der Waals surface area contributed by atoms with Crippen LogP contribution in [0, 0.1) is 23.0 Å². The number of amides is 1. The molecule has 15 rings (SSSR count). The third-order valence-electron chi connectivity index (χ3n) is 20.7. The molecule has 7 heterocycles. The summed E-state index contributed by atoms with van der Waals surface area (Å²) < 4.78 is 93.3. The number of nitrogen functional groups attached to an aromatic ring is 1. The number of hydrogen-bond acceptors (Lipinski definition) is 21. The summed E-state index contributed by atoms with van der Waals surface area (Å²) in [5.74, 6) is 0.920. The van der Waals surface area contributed by atoms with E-state index in [0.29, 0.717) is 103 Å². The molecule has 11 aromatic rings. The van der Waals surface area contributed by atoms with Crippen LogP contribution in [0.4, 0.5) is 39.1 Å². The first-order valence-electron chi connectivity index (χ1n) is 39.1. The Balaban J connectivity index is 0.000000147. The molecular formula is C88H98F5N14O11S+. The van der Waals surface area contributed by atoms with Crippen molar-refractivity contribution in [1.29, 1.82) is 0 Å². The molecule has 2 aliphatic carbocycles. The highest BCUT2D eigenvalue weighted by Gasteiger charge is 2.38. The van der Waals surface area contributed by atoms with Crippen molar-refractivity contribution >= 4 is 62.8 Å². The SMILES string of the molecule is CC(F)(F)c1cccc2c([C@H](O)C3CCCCC3)cc(C(F)(F)F)nc12.CCc1nc(C)nc(N)c1-c1ccc(N(C)Cc2ccccc2)c([N+](=O)[O-])c1.COc1ccc(Cc2cncc3c(O)c(OC)ccc23)cc1O.Cn1c(C[NH+](C)CC2=CCC=C2)nnc1SCCOc1ccccc1.O=C1N=CCc2c1ncn2[C@@H]1CC[C@H](CO)O1. The summed E-state index contributed by atoms with van der Waals surface area (Å²) in [5.41, 5.74) is 12.2. The van der Waals surface area contributed by atoms with Crippen LogP contribution in [0.3, 0.4) is 0 Å². The van der Waals surface area contributed by atoms with Crippen LogP contribution >= 0.6 is 11.8 Å². The Morgan fingerprint density at radius 1 is 0.840 bits per heavy atom. The molecule has 1 saturated heterocycles. The molecule has 0 bridgehead atoms. The van der Waals surface area contributed by atoms with Crippen molar-refractivity contribution in [2.24, 2.45) is 18.0 Å². The summed E-state index contributed by atoms with van der Waals surface area (Å²) in [6.07, 6.45) is 16.0. The van der Waals surface area contributed by atoms with Gasteiger partial charge in [-0.2, -0.15) is 13.2 Å². The van der Waals surface area contributed by atoms with Gasteiger partial charge in [-0.25, -0.2) is 33.7 Å². The molecule has 31 heteroatoms. The maximum absolute atomic E-state index is 13.9. The van der Waals surface area contributed by atoms with Crippen LogP contribution in [0.25, 0.3) is 32.8 Å². The summed E-state index contributed by atoms with van der Waals surface area (Å²) in [5, 5.41) is 63.0. The number of nitrogens with zero attached hydrogens (tertiary/aromatic N) is 12. The first-order valence-corrected chi connectivity index (χ1v) is 40.1. The Bertz CT molecular complexity index is 5410. The number of aliphatic hydroxyl groups is 2. The Labute approximate surface area is 690 Å². The van der Waals surface area contributed by atoms with Gasteiger partial charge in [0.1, 0.15) is 48.1 Å². The fourth-order valence-corrected chi connectivity index (χ4v) is 15.5. The lowest BCUT2D eigenvalue weighted by atomic mass is 9.81. The van der Waals surface area contributed by atoms with Gasteiger partial charge in [-0.1, -0.05) is 141 Å². The van der Waals surface area contributed by atoms with E-state index in [9.17, 15) is 52.2 Å². The average molecular weight is 1650 g/mol. The molecule has 0 radical (unpaired) electrons. The van der Waals surface area contributed by atoms with E-state index in [0.717, 1.165) is 120 Å². The van der Waals surface area contributed by atoms with Crippen LogP contribution in [0.1, 0.15) is 145 Å². The zero-order chi connectivity index (χ0) is 85.1. The number of fused-ring (bicyclic) bond motifs is 3. The maximum Gasteiger partial charge on any atom is 0.433 e. The van der Waals surface area contributed by atoms with Crippen molar-refractivity contribution in [1.82, 2.24) is 44.3 Å². The third-order valence-corrected chi connectivity index (χ3v) is 21.7. The third kappa shape index (κ3) is 22.5. The molecule has 626 valence electrons. The Kier molecular flexibility index (Phi) is 30.0. The number of para-hydroxylation sites is 2. The van der Waals surface area contributed by atoms with Crippen molar-refractivity contribution in [3.05, 3.63) is 248 Å². The number of aliphatic imine (C=N–C) groups is 1. The Morgan fingerprint density at radius 2 is 1.58 bits per heavy atom. The molecular weight excluding hydrogens is 1560 g/mol. The molecule has 4 atom stereocenters. The van der Waals surface area contributed by atoms with E-state index in [1.165, 1.54) is 36.8 Å². The number of halogens is 5. The number of pyridine rings is 2. The minimum atomic E-state index is -4.79. The number of aromatic hydroxyl groups is 2. The molecule has 5 aromatic heterocycles. The summed E-state index contributed by atoms with van der Waals surface area (Å²) in [6, 6.07) is 38.5. The number of phenolic OH excluding ortho intramolecular Hbond substituents is 2. The molecule has 4 aliphatic rings. The molecule has 1 amide bonds. The minimum Gasteiger partial charge on any atom is -0.504 e. The van der Waals surface area contributed by atoms with E-state index >= 15 is 0 Å². The highest BCUT2D eigenvalue weighted by Crippen LogP contribution is 2.44. The number of phenols is 2.